The Balaban J connectivity index is 2.47. The molecule has 21 heavy (non-hydrogen) atoms. The van der Waals surface area contributed by atoms with E-state index in [1.807, 2.05) is 39.8 Å². The SMILES string of the molecule is Cc1ccc(OCCCCC(C)(C)C#N)c(CC(C)N)n1. The highest BCUT2D eigenvalue weighted by Crippen LogP contribution is 2.22. The van der Waals surface area contributed by atoms with Crippen molar-refractivity contribution in [3.05, 3.63) is 23.5 Å². The Bertz CT molecular complexity index is 489. The van der Waals surface area contributed by atoms with E-state index in [9.17, 15) is 0 Å². The van der Waals surface area contributed by atoms with Gasteiger partial charge >= 0.3 is 0 Å². The Morgan fingerprint density at radius 1 is 1.38 bits per heavy atom. The van der Waals surface area contributed by atoms with Gasteiger partial charge in [-0.15, -0.1) is 0 Å². The first-order chi connectivity index (χ1) is 9.84. The van der Waals surface area contributed by atoms with Gasteiger partial charge in [-0.25, -0.2) is 0 Å². The number of aromatic nitrogens is 1. The summed E-state index contributed by atoms with van der Waals surface area (Å²) in [5, 5.41) is 8.97. The standard InChI is InChI=1S/C17H27N3O/c1-13(19)11-15-16(8-7-14(2)20-15)21-10-6-5-9-17(3,4)12-18/h7-8,13H,5-6,9-11,19H2,1-4H3. The molecule has 1 unspecified atom stereocenters. The molecule has 0 saturated carbocycles. The van der Waals surface area contributed by atoms with Crippen molar-refractivity contribution < 1.29 is 4.74 Å². The van der Waals surface area contributed by atoms with E-state index in [1.165, 1.54) is 0 Å². The van der Waals surface area contributed by atoms with E-state index in [4.69, 9.17) is 15.7 Å². The largest absolute Gasteiger partial charge is 0.492 e. The molecule has 4 nitrogen and oxygen atoms in total. The molecule has 116 valence electrons. The van der Waals surface area contributed by atoms with Crippen molar-refractivity contribution in [2.45, 2.75) is 59.4 Å². The third-order valence-electron chi connectivity index (χ3n) is 3.34. The number of unbranched alkanes of at least 4 members (excludes halogenated alkanes) is 1. The normalized spacial score (nSPS) is 12.8. The Hall–Kier alpha value is -1.60. The van der Waals surface area contributed by atoms with Crippen LogP contribution in [0.3, 0.4) is 0 Å². The Morgan fingerprint density at radius 2 is 2.10 bits per heavy atom. The molecule has 1 aromatic rings. The molecule has 0 bridgehead atoms. The Labute approximate surface area is 128 Å². The molecule has 0 aliphatic carbocycles. The van der Waals surface area contributed by atoms with Crippen molar-refractivity contribution >= 4 is 0 Å². The predicted octanol–water partition coefficient (Wildman–Crippen LogP) is 3.38. The molecule has 0 aromatic carbocycles. The second-order valence-electron chi connectivity index (χ2n) is 6.38. The molecular weight excluding hydrogens is 262 g/mol. The quantitative estimate of drug-likeness (QED) is 0.745. The molecule has 0 saturated heterocycles. The van der Waals surface area contributed by atoms with Gasteiger partial charge in [-0.3, -0.25) is 4.98 Å². The first-order valence-electron chi connectivity index (χ1n) is 7.60. The average molecular weight is 289 g/mol. The summed E-state index contributed by atoms with van der Waals surface area (Å²) >= 11 is 0. The van der Waals surface area contributed by atoms with Gasteiger partial charge in [0.1, 0.15) is 5.75 Å². The van der Waals surface area contributed by atoms with Crippen molar-refractivity contribution in [3.8, 4) is 11.8 Å². The van der Waals surface area contributed by atoms with Gasteiger partial charge in [-0.05, 0) is 59.1 Å². The highest BCUT2D eigenvalue weighted by molar-refractivity contribution is 5.29. The fourth-order valence-electron chi connectivity index (χ4n) is 2.09. The van der Waals surface area contributed by atoms with E-state index in [0.29, 0.717) is 6.61 Å². The maximum Gasteiger partial charge on any atom is 0.140 e. The first-order valence-corrected chi connectivity index (χ1v) is 7.60. The minimum absolute atomic E-state index is 0.0677. The van der Waals surface area contributed by atoms with Crippen LogP contribution in [0.5, 0.6) is 5.75 Å². The number of hydrogen-bond donors (Lipinski definition) is 1. The molecule has 0 radical (unpaired) electrons. The number of nitriles is 1. The molecule has 1 rings (SSSR count). The van der Waals surface area contributed by atoms with E-state index in [-0.39, 0.29) is 11.5 Å². The second-order valence-corrected chi connectivity index (χ2v) is 6.38. The lowest BCUT2D eigenvalue weighted by Crippen LogP contribution is -2.19. The lowest BCUT2D eigenvalue weighted by molar-refractivity contribution is 0.290. The lowest BCUT2D eigenvalue weighted by atomic mass is 9.89. The summed E-state index contributed by atoms with van der Waals surface area (Å²) in [5.41, 5.74) is 7.53. The Kier molecular flexibility index (Phi) is 6.64. The van der Waals surface area contributed by atoms with Gasteiger partial charge < -0.3 is 10.5 Å². The zero-order valence-corrected chi connectivity index (χ0v) is 13.6. The Morgan fingerprint density at radius 3 is 2.71 bits per heavy atom. The predicted molar refractivity (Wildman–Crippen MR) is 85.1 cm³/mol. The number of hydrogen-bond acceptors (Lipinski definition) is 4. The lowest BCUT2D eigenvalue weighted by Gasteiger charge is -2.15. The molecule has 0 amide bonds. The van der Waals surface area contributed by atoms with Crippen LogP contribution in [-0.4, -0.2) is 17.6 Å². The number of nitrogens with two attached hydrogens (primary N) is 1. The number of ether oxygens (including phenoxy) is 1. The highest BCUT2D eigenvalue weighted by atomic mass is 16.5. The van der Waals surface area contributed by atoms with Crippen molar-refractivity contribution in [1.82, 2.24) is 4.98 Å². The molecule has 1 atom stereocenters. The maximum atomic E-state index is 8.97. The summed E-state index contributed by atoms with van der Waals surface area (Å²) in [5.74, 6) is 0.831. The molecule has 0 aliphatic rings. The molecule has 1 heterocycles. The van der Waals surface area contributed by atoms with Gasteiger partial charge in [0, 0.05) is 18.2 Å². The highest BCUT2D eigenvalue weighted by Gasteiger charge is 2.15. The zero-order chi connectivity index (χ0) is 15.9. The van der Waals surface area contributed by atoms with Crippen LogP contribution < -0.4 is 10.5 Å². The monoisotopic (exact) mass is 289 g/mol. The van der Waals surface area contributed by atoms with E-state index < -0.39 is 0 Å². The summed E-state index contributed by atoms with van der Waals surface area (Å²) < 4.78 is 5.84. The molecule has 0 aliphatic heterocycles. The number of pyridine rings is 1. The summed E-state index contributed by atoms with van der Waals surface area (Å²) in [6.07, 6.45) is 3.54. The smallest absolute Gasteiger partial charge is 0.140 e. The summed E-state index contributed by atoms with van der Waals surface area (Å²) in [6, 6.07) is 6.32. The summed E-state index contributed by atoms with van der Waals surface area (Å²) in [6.45, 7) is 8.53. The van der Waals surface area contributed by atoms with Crippen LogP contribution in [0, 0.1) is 23.7 Å². The fourth-order valence-corrected chi connectivity index (χ4v) is 2.09. The van der Waals surface area contributed by atoms with Crippen LogP contribution >= 0.6 is 0 Å². The van der Waals surface area contributed by atoms with Crippen LogP contribution in [0.1, 0.15) is 51.4 Å². The minimum atomic E-state index is -0.244. The van der Waals surface area contributed by atoms with Crippen molar-refractivity contribution in [2.24, 2.45) is 11.1 Å². The molecule has 1 aromatic heterocycles. The van der Waals surface area contributed by atoms with E-state index in [2.05, 4.69) is 11.1 Å². The van der Waals surface area contributed by atoms with Crippen molar-refractivity contribution in [3.63, 3.8) is 0 Å². The van der Waals surface area contributed by atoms with Gasteiger partial charge in [0.05, 0.1) is 23.8 Å². The van der Waals surface area contributed by atoms with E-state index in [1.54, 1.807) is 0 Å². The molecular formula is C17H27N3O. The third-order valence-corrected chi connectivity index (χ3v) is 3.34. The molecule has 0 fully saturated rings. The molecule has 4 heteroatoms. The number of aryl methyl sites for hydroxylation is 1. The average Bonchev–Trinajstić information content (AvgIpc) is 2.40. The van der Waals surface area contributed by atoms with Crippen LogP contribution in [0.25, 0.3) is 0 Å². The van der Waals surface area contributed by atoms with Crippen LogP contribution in [0.2, 0.25) is 0 Å². The van der Waals surface area contributed by atoms with Gasteiger partial charge in [-0.1, -0.05) is 0 Å². The molecule has 2 N–H and O–H groups in total. The van der Waals surface area contributed by atoms with Crippen LogP contribution in [0.4, 0.5) is 0 Å². The summed E-state index contributed by atoms with van der Waals surface area (Å²) in [7, 11) is 0. The minimum Gasteiger partial charge on any atom is -0.492 e. The number of nitrogens with zero attached hydrogens (tertiary/aromatic N) is 2. The van der Waals surface area contributed by atoms with Crippen molar-refractivity contribution in [2.75, 3.05) is 6.61 Å². The number of rotatable bonds is 8. The van der Waals surface area contributed by atoms with Crippen LogP contribution in [0.15, 0.2) is 12.1 Å². The topological polar surface area (TPSA) is 71.9 Å². The van der Waals surface area contributed by atoms with Gasteiger partial charge in [0.25, 0.3) is 0 Å². The van der Waals surface area contributed by atoms with E-state index >= 15 is 0 Å². The van der Waals surface area contributed by atoms with Crippen molar-refractivity contribution in [1.29, 1.82) is 5.26 Å². The second kappa shape index (κ2) is 7.99. The fraction of sp³-hybridized carbons (Fsp3) is 0.647. The van der Waals surface area contributed by atoms with Crippen LogP contribution in [-0.2, 0) is 6.42 Å². The zero-order valence-electron chi connectivity index (χ0n) is 13.6. The van der Waals surface area contributed by atoms with Gasteiger partial charge in [-0.2, -0.15) is 5.26 Å². The maximum absolute atomic E-state index is 8.97. The summed E-state index contributed by atoms with van der Waals surface area (Å²) in [4.78, 5) is 4.52. The van der Waals surface area contributed by atoms with Gasteiger partial charge in [0.2, 0.25) is 0 Å². The molecule has 0 spiro atoms. The third kappa shape index (κ3) is 6.59. The first kappa shape index (κ1) is 17.5. The van der Waals surface area contributed by atoms with Gasteiger partial charge in [0.15, 0.2) is 0 Å². The van der Waals surface area contributed by atoms with E-state index in [0.717, 1.165) is 42.8 Å².